The van der Waals surface area contributed by atoms with Gasteiger partial charge in [0.2, 0.25) is 0 Å². The fourth-order valence-electron chi connectivity index (χ4n) is 0. The summed E-state index contributed by atoms with van der Waals surface area (Å²) >= 11 is 0. The molecule has 0 amide bonds. The van der Waals surface area contributed by atoms with Crippen LogP contribution in [0.1, 0.15) is 0 Å². The summed E-state index contributed by atoms with van der Waals surface area (Å²) in [6.07, 6.45) is 0. The first-order chi connectivity index (χ1) is 1.73. The summed E-state index contributed by atoms with van der Waals surface area (Å²) in [6, 6.07) is 0. The summed E-state index contributed by atoms with van der Waals surface area (Å²) in [5, 5.41) is 0. The van der Waals surface area contributed by atoms with E-state index in [9.17, 15) is 0 Å². The summed E-state index contributed by atoms with van der Waals surface area (Å²) in [4.78, 5) is 0. The second-order valence-electron chi connectivity index (χ2n) is 0.189. The van der Waals surface area contributed by atoms with Crippen LogP contribution in [0.15, 0.2) is 0 Å². The SMILES string of the molecule is [B+3].[F-].[F-].[O-][Cl+2]([O-])[O-]. The number of hydrogen-bond donors (Lipinski definition) is 0. The Balaban J connectivity index is -0.0000000150. The molecule has 0 spiro atoms. The second kappa shape index (κ2) is 16.5. The Morgan fingerprint density at radius 3 is 0.857 bits per heavy atom. The molecule has 0 aliphatic rings. The molecule has 0 saturated carbocycles. The summed E-state index contributed by atoms with van der Waals surface area (Å²) in [7, 11) is -2.85. The smallest absolute Gasteiger partial charge is 1.00 e. The molecule has 0 unspecified atom stereocenters. The van der Waals surface area contributed by atoms with E-state index in [0.29, 0.717) is 0 Å². The van der Waals surface area contributed by atoms with Gasteiger partial charge >= 0.3 is 8.41 Å². The molecule has 0 fully saturated rings. The first-order valence-electron chi connectivity index (χ1n) is 0.463. The Labute approximate surface area is 43.7 Å². The van der Waals surface area contributed by atoms with Gasteiger partial charge in [-0.3, -0.25) is 0 Å². The van der Waals surface area contributed by atoms with Crippen LogP contribution in [0.4, 0.5) is 0 Å². The van der Waals surface area contributed by atoms with Gasteiger partial charge in [0.05, 0.1) is 10.8 Å². The molecule has 3 nitrogen and oxygen atoms in total. The molecule has 0 atom stereocenters. The third-order valence-corrected chi connectivity index (χ3v) is 0. The minimum absolute atomic E-state index is 0. The van der Waals surface area contributed by atoms with Crippen molar-refractivity contribution in [1.29, 1.82) is 0 Å². The van der Waals surface area contributed by atoms with E-state index in [2.05, 4.69) is 0 Å². The molecule has 0 radical (unpaired) electrons. The third-order valence-electron chi connectivity index (χ3n) is 0. The van der Waals surface area contributed by atoms with Crippen molar-refractivity contribution in [2.75, 3.05) is 0 Å². The predicted molar refractivity (Wildman–Crippen MR) is 5.75 cm³/mol. The standard InChI is InChI=1S/B.ClO3.2FH/c;2-1(3)4;;/h;;2*1H/q+3;-1;;/p-2. The Morgan fingerprint density at radius 1 is 0.857 bits per heavy atom. The largest absolute Gasteiger partial charge is 3.00 e. The van der Waals surface area contributed by atoms with Crippen LogP contribution in [0, 0.1) is 10.8 Å². The van der Waals surface area contributed by atoms with Gasteiger partial charge < -0.3 is 23.4 Å². The van der Waals surface area contributed by atoms with Crippen LogP contribution in [-0.2, 0) is 0 Å². The maximum absolute atomic E-state index is 8.41. The van der Waals surface area contributed by atoms with Gasteiger partial charge in [-0.25, -0.2) is 0 Å². The van der Waals surface area contributed by atoms with Crippen molar-refractivity contribution in [2.45, 2.75) is 0 Å². The van der Waals surface area contributed by atoms with E-state index < -0.39 is 10.8 Å². The van der Waals surface area contributed by atoms with Gasteiger partial charge in [0.15, 0.2) is 0 Å². The first kappa shape index (κ1) is 27.5. The van der Waals surface area contributed by atoms with Crippen LogP contribution in [0.2, 0.25) is 0 Å². The Kier molecular flexibility index (Phi) is 64.9. The van der Waals surface area contributed by atoms with Crippen molar-refractivity contribution < 1.29 is 34.2 Å². The molecule has 42 valence electrons. The zero-order valence-corrected chi connectivity index (χ0v) is 3.69. The van der Waals surface area contributed by atoms with Gasteiger partial charge in [0.1, 0.15) is 0 Å². The Bertz CT molecular complexity index is 17.7. The molecule has 0 aromatic heterocycles. The van der Waals surface area contributed by atoms with E-state index in [4.69, 9.17) is 14.0 Å². The third kappa shape index (κ3) is 11300. The molecule has 7 heavy (non-hydrogen) atoms. The van der Waals surface area contributed by atoms with Crippen LogP contribution in [0.5, 0.6) is 0 Å². The molecular formula is BClF2O3. The molecule has 0 aromatic carbocycles. The molecular weight excluding hydrogens is 132 g/mol. The van der Waals surface area contributed by atoms with E-state index in [1.807, 2.05) is 0 Å². The van der Waals surface area contributed by atoms with Gasteiger partial charge in [-0.05, 0) is 0 Å². The van der Waals surface area contributed by atoms with Crippen LogP contribution < -0.4 is 23.4 Å². The fourth-order valence-corrected chi connectivity index (χ4v) is 0. The van der Waals surface area contributed by atoms with Gasteiger partial charge in [-0.15, -0.1) is 0 Å². The van der Waals surface area contributed by atoms with Crippen molar-refractivity contribution >= 4 is 8.41 Å². The molecule has 0 rings (SSSR count). The second-order valence-corrected chi connectivity index (χ2v) is 0.567. The minimum atomic E-state index is -2.85. The first-order valence-corrected chi connectivity index (χ1v) is 1.39. The van der Waals surface area contributed by atoms with Crippen molar-refractivity contribution in [1.82, 2.24) is 0 Å². The van der Waals surface area contributed by atoms with Crippen molar-refractivity contribution in [3.05, 3.63) is 0 Å². The van der Waals surface area contributed by atoms with Crippen LogP contribution in [0.3, 0.4) is 0 Å². The molecule has 0 saturated heterocycles. The monoisotopic (exact) mass is 132 g/mol. The molecule has 0 bridgehead atoms. The van der Waals surface area contributed by atoms with Gasteiger partial charge in [-0.2, -0.15) is 0 Å². The topological polar surface area (TPSA) is 69.2 Å². The average Bonchev–Trinajstić information content (AvgIpc) is 0.811. The van der Waals surface area contributed by atoms with Crippen LogP contribution in [0.25, 0.3) is 0 Å². The zero-order chi connectivity index (χ0) is 3.58. The molecule has 7 heteroatoms. The van der Waals surface area contributed by atoms with Crippen molar-refractivity contribution in [3.63, 3.8) is 0 Å². The summed E-state index contributed by atoms with van der Waals surface area (Å²) < 4.78 is 25.2. The maximum atomic E-state index is 8.41. The Morgan fingerprint density at radius 2 is 0.857 bits per heavy atom. The normalized spacial score (nSPS) is 5.14. The average molecular weight is 132 g/mol. The van der Waals surface area contributed by atoms with E-state index in [1.54, 1.807) is 0 Å². The van der Waals surface area contributed by atoms with Gasteiger partial charge in [0.25, 0.3) is 0 Å². The summed E-state index contributed by atoms with van der Waals surface area (Å²) in [5.74, 6) is 0. The van der Waals surface area contributed by atoms with E-state index >= 15 is 0 Å². The molecule has 0 heterocycles. The van der Waals surface area contributed by atoms with Crippen LogP contribution in [-0.4, -0.2) is 8.41 Å². The Hall–Kier alpha value is 0.0949. The summed E-state index contributed by atoms with van der Waals surface area (Å²) in [6.45, 7) is 0. The van der Waals surface area contributed by atoms with Crippen LogP contribution >= 0.6 is 0 Å². The zero-order valence-electron chi connectivity index (χ0n) is 2.94. The predicted octanol–water partition coefficient (Wildman–Crippen LogP) is -9.94. The number of halogens is 3. The molecule has 0 aliphatic heterocycles. The maximum Gasteiger partial charge on any atom is 3.00 e. The van der Waals surface area contributed by atoms with Gasteiger partial charge in [-0.1, -0.05) is 0 Å². The number of rotatable bonds is 0. The van der Waals surface area contributed by atoms with E-state index in [0.717, 1.165) is 0 Å². The van der Waals surface area contributed by atoms with Crippen molar-refractivity contribution in [2.24, 2.45) is 0 Å². The molecule has 0 aliphatic carbocycles. The van der Waals surface area contributed by atoms with Crippen molar-refractivity contribution in [3.8, 4) is 0 Å². The van der Waals surface area contributed by atoms with E-state index in [-0.39, 0.29) is 17.8 Å². The summed E-state index contributed by atoms with van der Waals surface area (Å²) in [5.41, 5.74) is 0. The fraction of sp³-hybridized carbons (Fsp3) is 0. The molecule has 0 aromatic rings. The van der Waals surface area contributed by atoms with Gasteiger partial charge in [0, 0.05) is 0 Å². The molecule has 0 N–H and O–H groups in total. The van der Waals surface area contributed by atoms with E-state index in [1.165, 1.54) is 0 Å². The number of hydrogen-bond acceptors (Lipinski definition) is 3. The minimum Gasteiger partial charge on any atom is -1.00 e. The quantitative estimate of drug-likeness (QED) is 0.307.